The SMILES string of the molecule is C=NN(C(=N)SCc1cccc(C(F)(F)F)c1)c1ccccc1C. The van der Waals surface area contributed by atoms with Gasteiger partial charge >= 0.3 is 6.18 Å². The lowest BCUT2D eigenvalue weighted by molar-refractivity contribution is -0.137. The molecule has 0 bridgehead atoms. The number of nitrogens with one attached hydrogen (secondary N) is 1. The van der Waals surface area contributed by atoms with Gasteiger partial charge in [-0.15, -0.1) is 0 Å². The molecule has 0 spiro atoms. The standard InChI is InChI=1S/C17H16F3N3S/c1-12-6-3-4-9-15(12)23(22-2)16(21)24-11-13-7-5-8-14(10-13)17(18,19)20/h3-10,21H,2,11H2,1H3. The van der Waals surface area contributed by atoms with E-state index in [-0.39, 0.29) is 10.9 Å². The maximum absolute atomic E-state index is 12.7. The summed E-state index contributed by atoms with van der Waals surface area (Å²) in [6, 6.07) is 12.5. The van der Waals surface area contributed by atoms with Crippen LogP contribution in [0.2, 0.25) is 0 Å². The Balaban J connectivity index is 2.10. The molecule has 0 aliphatic rings. The summed E-state index contributed by atoms with van der Waals surface area (Å²) in [5.74, 6) is 0.237. The van der Waals surface area contributed by atoms with Gasteiger partial charge in [-0.05, 0) is 30.2 Å². The van der Waals surface area contributed by atoms with Crippen LogP contribution in [-0.4, -0.2) is 11.9 Å². The van der Waals surface area contributed by atoms with Crippen molar-refractivity contribution in [3.63, 3.8) is 0 Å². The van der Waals surface area contributed by atoms with E-state index >= 15 is 0 Å². The van der Waals surface area contributed by atoms with Crippen LogP contribution in [0.25, 0.3) is 0 Å². The summed E-state index contributed by atoms with van der Waals surface area (Å²) < 4.78 is 38.2. The van der Waals surface area contributed by atoms with E-state index in [1.807, 2.05) is 31.2 Å². The summed E-state index contributed by atoms with van der Waals surface area (Å²) in [5, 5.41) is 13.4. The minimum absolute atomic E-state index is 0.0942. The van der Waals surface area contributed by atoms with Crippen molar-refractivity contribution in [2.24, 2.45) is 5.10 Å². The number of hydrogen-bond donors (Lipinski definition) is 1. The maximum atomic E-state index is 12.7. The summed E-state index contributed by atoms with van der Waals surface area (Å²) >= 11 is 1.09. The number of thioether (sulfide) groups is 1. The molecular weight excluding hydrogens is 335 g/mol. The highest BCUT2D eigenvalue weighted by atomic mass is 32.2. The molecule has 0 saturated heterocycles. The van der Waals surface area contributed by atoms with Crippen LogP contribution in [0.4, 0.5) is 18.9 Å². The first-order valence-electron chi connectivity index (χ1n) is 7.03. The largest absolute Gasteiger partial charge is 0.416 e. The Hall–Kier alpha value is -2.28. The second-order valence-corrected chi connectivity index (χ2v) is 6.00. The molecule has 0 heterocycles. The number of hydrogen-bond acceptors (Lipinski definition) is 3. The molecule has 2 aromatic carbocycles. The van der Waals surface area contributed by atoms with Crippen LogP contribution in [0.15, 0.2) is 53.6 Å². The van der Waals surface area contributed by atoms with Gasteiger partial charge in [0.15, 0.2) is 5.17 Å². The summed E-state index contributed by atoms with van der Waals surface area (Å²) in [7, 11) is 0. The van der Waals surface area contributed by atoms with Crippen molar-refractivity contribution in [2.45, 2.75) is 18.9 Å². The number of aryl methyl sites for hydroxylation is 1. The Labute approximate surface area is 142 Å². The number of benzene rings is 2. The molecule has 0 amide bonds. The number of nitrogens with zero attached hydrogens (tertiary/aromatic N) is 2. The second kappa shape index (κ2) is 7.53. The molecule has 2 rings (SSSR count). The third-order valence-electron chi connectivity index (χ3n) is 3.31. The summed E-state index contributed by atoms with van der Waals surface area (Å²) in [6.45, 7) is 5.36. The Morgan fingerprint density at radius 2 is 1.92 bits per heavy atom. The predicted molar refractivity (Wildman–Crippen MR) is 93.7 cm³/mol. The molecule has 0 radical (unpaired) electrons. The van der Waals surface area contributed by atoms with E-state index in [9.17, 15) is 13.2 Å². The quantitative estimate of drug-likeness (QED) is 0.461. The lowest BCUT2D eigenvalue weighted by atomic mass is 10.1. The van der Waals surface area contributed by atoms with Crippen LogP contribution in [0.1, 0.15) is 16.7 Å². The van der Waals surface area contributed by atoms with Gasteiger partial charge < -0.3 is 0 Å². The monoisotopic (exact) mass is 351 g/mol. The number of anilines is 1. The van der Waals surface area contributed by atoms with Crippen molar-refractivity contribution < 1.29 is 13.2 Å². The fraction of sp³-hybridized carbons (Fsp3) is 0.176. The molecule has 0 atom stereocenters. The van der Waals surface area contributed by atoms with Gasteiger partial charge in [-0.25, -0.2) is 5.01 Å². The number of rotatable bonds is 4. The molecule has 3 nitrogen and oxygen atoms in total. The van der Waals surface area contributed by atoms with E-state index in [0.717, 1.165) is 29.5 Å². The molecule has 0 aliphatic carbocycles. The Bertz CT molecular complexity index is 744. The Morgan fingerprint density at radius 1 is 1.21 bits per heavy atom. The summed E-state index contributed by atoms with van der Waals surface area (Å²) in [5.41, 5.74) is 1.45. The van der Waals surface area contributed by atoms with Crippen LogP contribution < -0.4 is 5.01 Å². The zero-order chi connectivity index (χ0) is 17.7. The van der Waals surface area contributed by atoms with Crippen LogP contribution in [0.3, 0.4) is 0 Å². The van der Waals surface area contributed by atoms with Crippen molar-refractivity contribution in [3.05, 3.63) is 65.2 Å². The van der Waals surface area contributed by atoms with E-state index < -0.39 is 11.7 Å². The van der Waals surface area contributed by atoms with Crippen molar-refractivity contribution in [1.82, 2.24) is 0 Å². The predicted octanol–water partition coefficient (Wildman–Crippen LogP) is 5.30. The molecule has 2 aromatic rings. The highest BCUT2D eigenvalue weighted by molar-refractivity contribution is 8.13. The molecule has 7 heteroatoms. The van der Waals surface area contributed by atoms with E-state index in [1.54, 1.807) is 6.07 Å². The Kier molecular flexibility index (Phi) is 5.66. The normalized spacial score (nSPS) is 11.2. The highest BCUT2D eigenvalue weighted by Crippen LogP contribution is 2.31. The fourth-order valence-electron chi connectivity index (χ4n) is 2.10. The Morgan fingerprint density at radius 3 is 2.54 bits per heavy atom. The molecule has 0 saturated carbocycles. The van der Waals surface area contributed by atoms with E-state index in [0.29, 0.717) is 11.3 Å². The van der Waals surface area contributed by atoms with Crippen LogP contribution in [0, 0.1) is 12.3 Å². The number of alkyl halides is 3. The number of para-hydroxylation sites is 1. The first kappa shape index (κ1) is 18.1. The van der Waals surface area contributed by atoms with Crippen LogP contribution >= 0.6 is 11.8 Å². The lowest BCUT2D eigenvalue weighted by Crippen LogP contribution is -2.22. The van der Waals surface area contributed by atoms with Gasteiger partial charge in [-0.2, -0.15) is 18.3 Å². The summed E-state index contributed by atoms with van der Waals surface area (Å²) in [6.07, 6.45) is -4.37. The second-order valence-electron chi connectivity index (χ2n) is 5.03. The van der Waals surface area contributed by atoms with Gasteiger partial charge in [0.1, 0.15) is 0 Å². The van der Waals surface area contributed by atoms with Gasteiger partial charge in [-0.1, -0.05) is 48.2 Å². The zero-order valence-corrected chi connectivity index (χ0v) is 13.8. The molecule has 0 aliphatic heterocycles. The average Bonchev–Trinajstić information content (AvgIpc) is 2.55. The highest BCUT2D eigenvalue weighted by Gasteiger charge is 2.30. The minimum Gasteiger partial charge on any atom is -0.277 e. The molecule has 24 heavy (non-hydrogen) atoms. The van der Waals surface area contributed by atoms with Crippen molar-refractivity contribution in [2.75, 3.05) is 5.01 Å². The average molecular weight is 351 g/mol. The third kappa shape index (κ3) is 4.38. The van der Waals surface area contributed by atoms with Crippen LogP contribution in [-0.2, 0) is 11.9 Å². The van der Waals surface area contributed by atoms with E-state index in [2.05, 4.69) is 11.8 Å². The first-order chi connectivity index (χ1) is 11.3. The van der Waals surface area contributed by atoms with Gasteiger partial charge in [0.25, 0.3) is 0 Å². The molecule has 0 unspecified atom stereocenters. The smallest absolute Gasteiger partial charge is 0.277 e. The van der Waals surface area contributed by atoms with E-state index in [4.69, 9.17) is 5.41 Å². The molecule has 0 aromatic heterocycles. The van der Waals surface area contributed by atoms with Crippen molar-refractivity contribution in [3.8, 4) is 0 Å². The van der Waals surface area contributed by atoms with Gasteiger partial charge in [-0.3, -0.25) is 5.41 Å². The van der Waals surface area contributed by atoms with Crippen molar-refractivity contribution in [1.29, 1.82) is 5.41 Å². The maximum Gasteiger partial charge on any atom is 0.416 e. The van der Waals surface area contributed by atoms with Gasteiger partial charge in [0.05, 0.1) is 11.3 Å². The molecular formula is C17H16F3N3S. The molecule has 126 valence electrons. The minimum atomic E-state index is -4.37. The molecule has 0 fully saturated rings. The summed E-state index contributed by atoms with van der Waals surface area (Å²) in [4.78, 5) is 0. The molecule has 1 N–H and O–H groups in total. The number of hydrazone groups is 1. The van der Waals surface area contributed by atoms with Gasteiger partial charge in [0, 0.05) is 12.5 Å². The topological polar surface area (TPSA) is 39.5 Å². The fourth-order valence-corrected chi connectivity index (χ4v) is 2.86. The zero-order valence-electron chi connectivity index (χ0n) is 13.0. The lowest BCUT2D eigenvalue weighted by Gasteiger charge is -2.20. The first-order valence-corrected chi connectivity index (χ1v) is 8.01. The van der Waals surface area contributed by atoms with Crippen molar-refractivity contribution >= 4 is 29.3 Å². The van der Waals surface area contributed by atoms with Crippen LogP contribution in [0.5, 0.6) is 0 Å². The number of amidine groups is 1. The number of halogens is 3. The van der Waals surface area contributed by atoms with E-state index in [1.165, 1.54) is 11.1 Å². The van der Waals surface area contributed by atoms with Gasteiger partial charge in [0.2, 0.25) is 0 Å². The third-order valence-corrected chi connectivity index (χ3v) is 4.23.